The Hall–Kier alpha value is -5.35. The molecule has 0 unspecified atom stereocenters. The first-order valence-corrected chi connectivity index (χ1v) is 20.3. The third-order valence-electron chi connectivity index (χ3n) is 8.23. The number of rotatable bonds is 19. The van der Waals surface area contributed by atoms with Crippen LogP contribution in [0, 0.1) is 11.8 Å². The largest absolute Gasteiger partial charge is 0.497 e. The van der Waals surface area contributed by atoms with Crippen molar-refractivity contribution in [1.29, 1.82) is 0 Å². The summed E-state index contributed by atoms with van der Waals surface area (Å²) >= 11 is 0. The number of benzene rings is 4. The van der Waals surface area contributed by atoms with Gasteiger partial charge in [0.15, 0.2) is 0 Å². The molecule has 4 aromatic rings. The number of hydrogen-bond acceptors (Lipinski definition) is 11. The number of fused-ring (bicyclic) bond motifs is 1. The van der Waals surface area contributed by atoms with Gasteiger partial charge in [-0.2, -0.15) is 0 Å². The summed E-state index contributed by atoms with van der Waals surface area (Å²) in [5.41, 5.74) is 5.71. The van der Waals surface area contributed by atoms with Crippen LogP contribution in [0.4, 0.5) is 11.4 Å². The minimum absolute atomic E-state index is 0.0119. The van der Waals surface area contributed by atoms with Gasteiger partial charge in [-0.3, -0.25) is 23.0 Å². The zero-order chi connectivity index (χ0) is 40.5. The highest BCUT2D eigenvalue weighted by Gasteiger charge is 2.35. The predicted octanol–water partition coefficient (Wildman–Crippen LogP) is 5.06. The summed E-state index contributed by atoms with van der Waals surface area (Å²) in [5, 5.41) is 0.401. The molecule has 0 aliphatic heterocycles. The van der Waals surface area contributed by atoms with Gasteiger partial charge < -0.3 is 24.7 Å². The Labute approximate surface area is 322 Å². The second-order valence-electron chi connectivity index (χ2n) is 13.4. The average molecular weight is 798 g/mol. The SMILES string of the molecule is COc1ccc(S(=O)(=O)N(CC(=O)OCC(C)C)c2cc(CCC(N)=O)c(N(CC(=O)OCC(C)C)S(=O)(=O)c3ccc(OC)cc3)c3ccccc23)cc1. The predicted molar refractivity (Wildman–Crippen MR) is 208 cm³/mol. The van der Waals surface area contributed by atoms with Crippen molar-refractivity contribution in [2.24, 2.45) is 17.6 Å². The molecule has 0 aromatic heterocycles. The van der Waals surface area contributed by atoms with Crippen LogP contribution < -0.4 is 23.8 Å². The van der Waals surface area contributed by atoms with E-state index in [0.29, 0.717) is 11.5 Å². The molecule has 14 nitrogen and oxygen atoms in total. The number of esters is 2. The van der Waals surface area contributed by atoms with Crippen LogP contribution in [0.15, 0.2) is 88.7 Å². The summed E-state index contributed by atoms with van der Waals surface area (Å²) < 4.78 is 81.4. The lowest BCUT2D eigenvalue weighted by atomic mass is 9.98. The van der Waals surface area contributed by atoms with E-state index in [1.165, 1.54) is 68.8 Å². The average Bonchev–Trinajstić information content (AvgIpc) is 3.16. The van der Waals surface area contributed by atoms with Gasteiger partial charge in [-0.05, 0) is 78.4 Å². The molecule has 0 radical (unpaired) electrons. The molecule has 296 valence electrons. The first-order valence-electron chi connectivity index (χ1n) is 17.5. The monoisotopic (exact) mass is 797 g/mol. The van der Waals surface area contributed by atoms with Crippen molar-refractivity contribution in [3.05, 3.63) is 84.4 Å². The lowest BCUT2D eigenvalue weighted by Gasteiger charge is -2.31. The molecule has 0 spiro atoms. The first-order chi connectivity index (χ1) is 26.0. The zero-order valence-electron chi connectivity index (χ0n) is 31.7. The Balaban J connectivity index is 2.07. The van der Waals surface area contributed by atoms with E-state index in [1.54, 1.807) is 24.3 Å². The molecule has 16 heteroatoms. The molecule has 0 saturated carbocycles. The molecule has 0 aliphatic carbocycles. The molecule has 55 heavy (non-hydrogen) atoms. The van der Waals surface area contributed by atoms with Crippen LogP contribution in [0.25, 0.3) is 10.8 Å². The van der Waals surface area contributed by atoms with Crippen molar-refractivity contribution >= 4 is 60.0 Å². The smallest absolute Gasteiger partial charge is 0.326 e. The molecule has 0 aliphatic rings. The number of nitrogens with zero attached hydrogens (tertiary/aromatic N) is 2. The number of aryl methyl sites for hydroxylation is 1. The van der Waals surface area contributed by atoms with Crippen LogP contribution in [0.3, 0.4) is 0 Å². The van der Waals surface area contributed by atoms with Gasteiger partial charge in [-0.1, -0.05) is 52.0 Å². The molecule has 2 N–H and O–H groups in total. The van der Waals surface area contributed by atoms with Crippen LogP contribution >= 0.6 is 0 Å². The Morgan fingerprint density at radius 2 is 1.09 bits per heavy atom. The molecule has 0 heterocycles. The fraction of sp³-hybridized carbons (Fsp3) is 0.359. The number of carbonyl (C=O) groups excluding carboxylic acids is 3. The normalized spacial score (nSPS) is 11.7. The molecule has 0 saturated heterocycles. The number of hydrogen-bond donors (Lipinski definition) is 1. The molecule has 4 rings (SSSR count). The van der Waals surface area contributed by atoms with Crippen LogP contribution in [0.1, 0.15) is 39.7 Å². The van der Waals surface area contributed by atoms with Crippen molar-refractivity contribution in [2.75, 3.05) is 49.1 Å². The van der Waals surface area contributed by atoms with Crippen molar-refractivity contribution in [3.63, 3.8) is 0 Å². The quantitative estimate of drug-likeness (QED) is 0.125. The minimum Gasteiger partial charge on any atom is -0.497 e. The van der Waals surface area contributed by atoms with Gasteiger partial charge >= 0.3 is 11.9 Å². The van der Waals surface area contributed by atoms with E-state index in [4.69, 9.17) is 24.7 Å². The topological polar surface area (TPSA) is 189 Å². The summed E-state index contributed by atoms with van der Waals surface area (Å²) in [6.45, 7) is 5.85. The Morgan fingerprint density at radius 1 is 0.655 bits per heavy atom. The van der Waals surface area contributed by atoms with E-state index in [-0.39, 0.29) is 75.4 Å². The van der Waals surface area contributed by atoms with E-state index >= 15 is 0 Å². The third kappa shape index (κ3) is 10.5. The summed E-state index contributed by atoms with van der Waals surface area (Å²) in [6, 6.07) is 18.9. The summed E-state index contributed by atoms with van der Waals surface area (Å²) in [5.74, 6) is -1.71. The molecule has 1 amide bonds. The van der Waals surface area contributed by atoms with E-state index in [0.717, 1.165) is 8.61 Å². The van der Waals surface area contributed by atoms with Gasteiger partial charge in [0, 0.05) is 17.2 Å². The Kier molecular flexibility index (Phi) is 14.1. The summed E-state index contributed by atoms with van der Waals surface area (Å²) in [4.78, 5) is 38.6. The van der Waals surface area contributed by atoms with E-state index in [9.17, 15) is 31.2 Å². The maximum absolute atomic E-state index is 14.6. The number of nitrogens with two attached hydrogens (primary N) is 1. The highest BCUT2D eigenvalue weighted by atomic mass is 32.2. The van der Waals surface area contributed by atoms with Crippen molar-refractivity contribution in [2.45, 2.75) is 50.3 Å². The number of primary amides is 1. The number of methoxy groups -OCH3 is 2. The van der Waals surface area contributed by atoms with Crippen LogP contribution in [0.2, 0.25) is 0 Å². The van der Waals surface area contributed by atoms with Crippen LogP contribution in [-0.4, -0.2) is 75.2 Å². The number of sulfonamides is 2. The van der Waals surface area contributed by atoms with Gasteiger partial charge in [0.05, 0.1) is 48.6 Å². The van der Waals surface area contributed by atoms with Gasteiger partial charge in [0.2, 0.25) is 5.91 Å². The second-order valence-corrected chi connectivity index (χ2v) is 17.2. The minimum atomic E-state index is -4.57. The van der Waals surface area contributed by atoms with Crippen LogP contribution in [0.5, 0.6) is 11.5 Å². The van der Waals surface area contributed by atoms with Gasteiger partial charge in [-0.25, -0.2) is 16.8 Å². The number of amides is 1. The molecular weight excluding hydrogens is 751 g/mol. The number of ether oxygens (including phenoxy) is 4. The third-order valence-corrected chi connectivity index (χ3v) is 11.8. The molecular formula is C39H47N3O11S2. The Bertz CT molecular complexity index is 2210. The van der Waals surface area contributed by atoms with Crippen LogP contribution in [-0.2, 0) is 50.3 Å². The molecule has 0 bridgehead atoms. The zero-order valence-corrected chi connectivity index (χ0v) is 33.3. The molecule has 4 aromatic carbocycles. The lowest BCUT2D eigenvalue weighted by Crippen LogP contribution is -2.39. The highest BCUT2D eigenvalue weighted by molar-refractivity contribution is 7.93. The standard InChI is InChI=1S/C39H47N3O11S2/c1-26(2)24-52-37(44)22-41(54(46,47)31-16-12-29(50-5)13-17-31)35-21-28(11-20-36(40)43)39(34-10-8-7-9-33(34)35)42(23-38(45)53-25-27(3)4)55(48,49)32-18-14-30(51-6)15-19-32/h7-10,12-19,21,26-27H,11,20,22-25H2,1-6H3,(H2,40,43). The highest BCUT2D eigenvalue weighted by Crippen LogP contribution is 2.42. The Morgan fingerprint density at radius 3 is 1.53 bits per heavy atom. The fourth-order valence-corrected chi connectivity index (χ4v) is 8.41. The number of anilines is 2. The van der Waals surface area contributed by atoms with Crippen molar-refractivity contribution in [3.8, 4) is 11.5 Å². The molecule has 0 atom stereocenters. The van der Waals surface area contributed by atoms with E-state index in [1.807, 2.05) is 27.7 Å². The second kappa shape index (κ2) is 18.3. The first kappa shape index (κ1) is 42.4. The number of carbonyl (C=O) groups is 3. The van der Waals surface area contributed by atoms with E-state index < -0.39 is 51.0 Å². The van der Waals surface area contributed by atoms with E-state index in [2.05, 4.69) is 0 Å². The lowest BCUT2D eigenvalue weighted by molar-refractivity contribution is -0.143. The van der Waals surface area contributed by atoms with Gasteiger partial charge in [-0.15, -0.1) is 0 Å². The summed E-state index contributed by atoms with van der Waals surface area (Å²) in [6.07, 6.45) is -0.451. The maximum Gasteiger partial charge on any atom is 0.326 e. The fourth-order valence-electron chi connectivity index (χ4n) is 5.53. The van der Waals surface area contributed by atoms with Gasteiger partial charge in [0.1, 0.15) is 24.6 Å². The van der Waals surface area contributed by atoms with Gasteiger partial charge in [0.25, 0.3) is 20.0 Å². The molecule has 0 fully saturated rings. The summed E-state index contributed by atoms with van der Waals surface area (Å²) in [7, 11) is -6.23. The van der Waals surface area contributed by atoms with Crippen molar-refractivity contribution in [1.82, 2.24) is 0 Å². The van der Waals surface area contributed by atoms with Crippen molar-refractivity contribution < 1.29 is 50.2 Å². The maximum atomic E-state index is 14.6.